The topological polar surface area (TPSA) is 91.4 Å². The van der Waals surface area contributed by atoms with E-state index >= 15 is 4.39 Å². The number of aromatic amines is 1. The van der Waals surface area contributed by atoms with Crippen LogP contribution in [0.1, 0.15) is 47.7 Å². The van der Waals surface area contributed by atoms with Crippen molar-refractivity contribution in [3.8, 4) is 0 Å². The number of carbonyl (C=O) groups excluding carboxylic acids is 1. The molecule has 0 fully saturated rings. The lowest BCUT2D eigenvalue weighted by Crippen LogP contribution is -2.30. The van der Waals surface area contributed by atoms with E-state index in [4.69, 9.17) is 0 Å². The smallest absolute Gasteiger partial charge is 0.261 e. The van der Waals surface area contributed by atoms with Gasteiger partial charge < -0.3 is 4.98 Å². The Morgan fingerprint density at radius 2 is 1.84 bits per heavy atom. The number of halogens is 2. The first-order chi connectivity index (χ1) is 15.2. The average molecular weight is 458 g/mol. The van der Waals surface area contributed by atoms with Crippen LogP contribution in [0.2, 0.25) is 0 Å². The van der Waals surface area contributed by atoms with E-state index in [1.807, 2.05) is 13.8 Å². The molecular formula is C23H21F2N3O3S. The van der Waals surface area contributed by atoms with E-state index in [1.54, 1.807) is 18.2 Å². The van der Waals surface area contributed by atoms with Gasteiger partial charge in [0, 0.05) is 23.5 Å². The Morgan fingerprint density at radius 1 is 1.12 bits per heavy atom. The highest BCUT2D eigenvalue weighted by Crippen LogP contribution is 2.26. The van der Waals surface area contributed by atoms with Crippen molar-refractivity contribution in [2.45, 2.75) is 31.1 Å². The minimum absolute atomic E-state index is 0.0746. The number of H-pyrrole nitrogens is 1. The maximum Gasteiger partial charge on any atom is 0.261 e. The zero-order valence-corrected chi connectivity index (χ0v) is 18.3. The van der Waals surface area contributed by atoms with Crippen molar-refractivity contribution in [2.24, 2.45) is 4.99 Å². The number of nitrogens with zero attached hydrogens (tertiary/aromatic N) is 1. The summed E-state index contributed by atoms with van der Waals surface area (Å²) in [6.07, 6.45) is 3.73. The molecule has 9 heteroatoms. The maximum atomic E-state index is 15.2. The summed E-state index contributed by atoms with van der Waals surface area (Å²) in [6.45, 7) is 4.50. The highest BCUT2D eigenvalue weighted by molar-refractivity contribution is 7.92. The molecule has 32 heavy (non-hydrogen) atoms. The van der Waals surface area contributed by atoms with Crippen molar-refractivity contribution in [2.75, 3.05) is 11.3 Å². The SMILES string of the molecule is CC(C)c1ccc(S(=O)(=O)Nc2ccc(F)c(C(=O)c3c[nH]c4c3=CCCN=4)c2F)cc1. The molecule has 1 aliphatic rings. The number of hydrogen-bond donors (Lipinski definition) is 2. The van der Waals surface area contributed by atoms with Crippen molar-refractivity contribution in [3.05, 3.63) is 81.6 Å². The van der Waals surface area contributed by atoms with Gasteiger partial charge in [-0.1, -0.05) is 32.1 Å². The number of rotatable bonds is 6. The zero-order valence-electron chi connectivity index (χ0n) is 17.4. The summed E-state index contributed by atoms with van der Waals surface area (Å²) in [5.74, 6) is -3.04. The molecule has 2 heterocycles. The molecule has 0 spiro atoms. The second kappa shape index (κ2) is 8.31. The van der Waals surface area contributed by atoms with Crippen molar-refractivity contribution in [1.29, 1.82) is 0 Å². The van der Waals surface area contributed by atoms with Crippen LogP contribution in [0.5, 0.6) is 0 Å². The van der Waals surface area contributed by atoms with Crippen LogP contribution in [0.25, 0.3) is 6.08 Å². The molecule has 0 aliphatic carbocycles. The number of ketones is 1. The fraction of sp³-hybridized carbons (Fsp3) is 0.217. The number of nitrogens with one attached hydrogen (secondary N) is 2. The first kappa shape index (κ1) is 21.9. The second-order valence-electron chi connectivity index (χ2n) is 7.78. The van der Waals surface area contributed by atoms with Crippen LogP contribution < -0.4 is 15.4 Å². The minimum Gasteiger partial charge on any atom is -0.346 e. The summed E-state index contributed by atoms with van der Waals surface area (Å²) in [5, 5.41) is 0.483. The predicted octanol–water partition coefficient (Wildman–Crippen LogP) is 3.25. The van der Waals surface area contributed by atoms with E-state index in [9.17, 15) is 17.6 Å². The van der Waals surface area contributed by atoms with Crippen molar-refractivity contribution < 1.29 is 22.0 Å². The molecule has 2 aromatic carbocycles. The van der Waals surface area contributed by atoms with Crippen molar-refractivity contribution >= 4 is 27.6 Å². The molecule has 0 bridgehead atoms. The Hall–Kier alpha value is -3.33. The predicted molar refractivity (Wildman–Crippen MR) is 117 cm³/mol. The third-order valence-electron chi connectivity index (χ3n) is 5.31. The van der Waals surface area contributed by atoms with Gasteiger partial charge in [0.25, 0.3) is 10.0 Å². The number of hydrogen-bond acceptors (Lipinski definition) is 4. The van der Waals surface area contributed by atoms with E-state index in [1.165, 1.54) is 18.3 Å². The molecule has 0 saturated carbocycles. The third kappa shape index (κ3) is 3.95. The van der Waals surface area contributed by atoms with Gasteiger partial charge in [0.05, 0.1) is 16.1 Å². The number of anilines is 1. The number of carbonyl (C=O) groups is 1. The summed E-state index contributed by atoms with van der Waals surface area (Å²) in [7, 11) is -4.15. The molecule has 0 amide bonds. The second-order valence-corrected chi connectivity index (χ2v) is 9.46. The molecule has 0 atom stereocenters. The molecule has 1 aliphatic heterocycles. The lowest BCUT2D eigenvalue weighted by Gasteiger charge is -2.13. The van der Waals surface area contributed by atoms with E-state index < -0.39 is 38.7 Å². The molecule has 166 valence electrons. The van der Waals surface area contributed by atoms with Gasteiger partial charge >= 0.3 is 0 Å². The van der Waals surface area contributed by atoms with E-state index in [0.717, 1.165) is 17.7 Å². The van der Waals surface area contributed by atoms with E-state index in [2.05, 4.69) is 14.7 Å². The molecular weight excluding hydrogens is 436 g/mol. The summed E-state index contributed by atoms with van der Waals surface area (Å²) in [6, 6.07) is 7.99. The molecule has 0 unspecified atom stereocenters. The van der Waals surface area contributed by atoms with Crippen LogP contribution in [0, 0.1) is 11.6 Å². The van der Waals surface area contributed by atoms with E-state index in [-0.39, 0.29) is 16.4 Å². The van der Waals surface area contributed by atoms with Gasteiger partial charge in [0.15, 0.2) is 5.82 Å². The molecule has 6 nitrogen and oxygen atoms in total. The van der Waals surface area contributed by atoms with Gasteiger partial charge in [-0.3, -0.25) is 14.5 Å². The Kier molecular flexibility index (Phi) is 5.68. The molecule has 1 aromatic heterocycles. The minimum atomic E-state index is -4.15. The van der Waals surface area contributed by atoms with Crippen molar-refractivity contribution in [3.63, 3.8) is 0 Å². The molecule has 0 saturated heterocycles. The first-order valence-corrected chi connectivity index (χ1v) is 11.5. The normalized spacial score (nSPS) is 13.3. The third-order valence-corrected chi connectivity index (χ3v) is 6.69. The van der Waals surface area contributed by atoms with Gasteiger partial charge in [-0.25, -0.2) is 17.2 Å². The standard InChI is InChI=1S/C23H21F2N3O3S/c1-13(2)14-5-7-15(8-6-14)32(30,31)28-19-10-9-18(24)20(21(19)25)22(29)17-12-27-23-16(17)4-3-11-26-23/h4-10,12-13,28H,3,11H2,1-2H3,(H,26,27). The first-order valence-electron chi connectivity index (χ1n) is 10.1. The maximum absolute atomic E-state index is 15.2. The van der Waals surface area contributed by atoms with Crippen LogP contribution in [-0.4, -0.2) is 25.7 Å². The summed E-state index contributed by atoms with van der Waals surface area (Å²) < 4.78 is 57.3. The van der Waals surface area contributed by atoms with Gasteiger partial charge in [-0.15, -0.1) is 0 Å². The number of benzene rings is 2. The van der Waals surface area contributed by atoms with Crippen LogP contribution >= 0.6 is 0 Å². The van der Waals surface area contributed by atoms with Crippen molar-refractivity contribution in [1.82, 2.24) is 4.98 Å². The highest BCUT2D eigenvalue weighted by atomic mass is 32.2. The van der Waals surface area contributed by atoms with Gasteiger partial charge in [0.2, 0.25) is 5.78 Å². The molecule has 0 radical (unpaired) electrons. The summed E-state index contributed by atoms with van der Waals surface area (Å²) >= 11 is 0. The number of fused-ring (bicyclic) bond motifs is 1. The molecule has 3 aromatic rings. The monoisotopic (exact) mass is 457 g/mol. The lowest BCUT2D eigenvalue weighted by molar-refractivity contribution is 0.103. The lowest BCUT2D eigenvalue weighted by atomic mass is 10.0. The van der Waals surface area contributed by atoms with Crippen LogP contribution in [-0.2, 0) is 10.0 Å². The van der Waals surface area contributed by atoms with Gasteiger partial charge in [0.1, 0.15) is 11.3 Å². The van der Waals surface area contributed by atoms with Crippen LogP contribution in [0.15, 0.2) is 52.5 Å². The van der Waals surface area contributed by atoms with Crippen LogP contribution in [0.4, 0.5) is 14.5 Å². The number of aromatic nitrogens is 1. The molecule has 4 rings (SSSR count). The van der Waals surface area contributed by atoms with E-state index in [0.29, 0.717) is 23.7 Å². The van der Waals surface area contributed by atoms with Gasteiger partial charge in [-0.05, 0) is 42.2 Å². The molecule has 2 N–H and O–H groups in total. The fourth-order valence-electron chi connectivity index (χ4n) is 3.54. The largest absolute Gasteiger partial charge is 0.346 e. The number of sulfonamides is 1. The van der Waals surface area contributed by atoms with Crippen LogP contribution in [0.3, 0.4) is 0 Å². The quantitative estimate of drug-likeness (QED) is 0.557. The Morgan fingerprint density at radius 3 is 2.53 bits per heavy atom. The zero-order chi connectivity index (χ0) is 23.0. The Balaban J connectivity index is 1.71. The average Bonchev–Trinajstić information content (AvgIpc) is 3.20. The summed E-state index contributed by atoms with van der Waals surface area (Å²) in [5.41, 5.74) is 0.151. The van der Waals surface area contributed by atoms with Gasteiger partial charge in [-0.2, -0.15) is 0 Å². The fourth-order valence-corrected chi connectivity index (χ4v) is 4.60. The summed E-state index contributed by atoms with van der Waals surface area (Å²) in [4.78, 5) is 20.0. The Bertz CT molecular complexity index is 1430. The highest BCUT2D eigenvalue weighted by Gasteiger charge is 2.26. The Labute approximate surface area is 183 Å².